The fraction of sp³-hybridized carbons (Fsp3) is 0.667. The molecule has 104 valence electrons. The van der Waals surface area contributed by atoms with E-state index in [0.717, 1.165) is 0 Å². The minimum absolute atomic E-state index is 0.201. The summed E-state index contributed by atoms with van der Waals surface area (Å²) in [5.41, 5.74) is -0.459. The first-order valence-electron chi connectivity index (χ1n) is 6.19. The van der Waals surface area contributed by atoms with Gasteiger partial charge in [-0.3, -0.25) is 14.3 Å². The number of amides is 1. The first-order chi connectivity index (χ1) is 8.84. The Morgan fingerprint density at radius 3 is 2.63 bits per heavy atom. The van der Waals surface area contributed by atoms with E-state index in [-0.39, 0.29) is 5.91 Å². The molecule has 7 heteroatoms. The molecule has 2 atom stereocenters. The molecule has 1 amide bonds. The predicted molar refractivity (Wildman–Crippen MR) is 66.1 cm³/mol. The van der Waals surface area contributed by atoms with Crippen molar-refractivity contribution in [3.8, 4) is 0 Å². The zero-order valence-corrected chi connectivity index (χ0v) is 11.3. The second kappa shape index (κ2) is 4.64. The van der Waals surface area contributed by atoms with Crippen molar-refractivity contribution in [2.45, 2.75) is 20.3 Å². The third kappa shape index (κ3) is 2.59. The highest BCUT2D eigenvalue weighted by molar-refractivity contribution is 5.91. The van der Waals surface area contributed by atoms with Gasteiger partial charge in [-0.25, -0.2) is 4.98 Å². The second-order valence-corrected chi connectivity index (χ2v) is 5.49. The predicted octanol–water partition coefficient (Wildman–Crippen LogP) is -0.169. The number of hydrogen-bond acceptors (Lipinski definition) is 4. The maximum atomic E-state index is 11.9. The lowest BCUT2D eigenvalue weighted by Gasteiger charge is -2.04. The number of carbonyl (C=O) groups is 2. The average Bonchev–Trinajstić information content (AvgIpc) is 2.65. The number of nitrogens with one attached hydrogen (secondary N) is 1. The Morgan fingerprint density at radius 1 is 1.47 bits per heavy atom. The number of aliphatic carboxylic acids is 1. The molecule has 1 saturated carbocycles. The molecule has 0 aromatic carbocycles. The summed E-state index contributed by atoms with van der Waals surface area (Å²) in [6.07, 6.45) is 2.14. The van der Waals surface area contributed by atoms with Crippen molar-refractivity contribution in [1.29, 1.82) is 0 Å². The summed E-state index contributed by atoms with van der Waals surface area (Å²) in [4.78, 5) is 26.9. The number of nitrogens with zero attached hydrogens (tertiary/aromatic N) is 3. The molecule has 1 aliphatic carbocycles. The van der Waals surface area contributed by atoms with Gasteiger partial charge in [0.15, 0.2) is 5.82 Å². The van der Waals surface area contributed by atoms with Crippen LogP contribution in [-0.4, -0.2) is 38.3 Å². The zero-order chi connectivity index (χ0) is 14.2. The summed E-state index contributed by atoms with van der Waals surface area (Å²) in [6.45, 7) is 4.02. The van der Waals surface area contributed by atoms with Crippen LogP contribution in [0, 0.1) is 17.3 Å². The van der Waals surface area contributed by atoms with Gasteiger partial charge < -0.3 is 10.4 Å². The van der Waals surface area contributed by atoms with Crippen molar-refractivity contribution in [2.75, 3.05) is 6.54 Å². The summed E-state index contributed by atoms with van der Waals surface area (Å²) in [6, 6.07) is 0. The summed E-state index contributed by atoms with van der Waals surface area (Å²) in [5, 5.41) is 15.9. The molecule has 1 fully saturated rings. The van der Waals surface area contributed by atoms with E-state index < -0.39 is 23.2 Å². The first-order valence-corrected chi connectivity index (χ1v) is 6.19. The van der Waals surface area contributed by atoms with Crippen LogP contribution >= 0.6 is 0 Å². The first kappa shape index (κ1) is 13.5. The molecular formula is C12H18N4O3. The highest BCUT2D eigenvalue weighted by Gasteiger charge is 2.65. The zero-order valence-electron chi connectivity index (χ0n) is 11.3. The van der Waals surface area contributed by atoms with Crippen molar-refractivity contribution in [3.63, 3.8) is 0 Å². The SMILES string of the molecule is Cn1cnc(CCNC(=O)C2C(C(=O)O)C2(C)C)n1. The van der Waals surface area contributed by atoms with Gasteiger partial charge in [0.1, 0.15) is 6.33 Å². The van der Waals surface area contributed by atoms with E-state index in [1.54, 1.807) is 31.9 Å². The number of aromatic nitrogens is 3. The lowest BCUT2D eigenvalue weighted by atomic mass is 10.1. The molecule has 2 rings (SSSR count). The van der Waals surface area contributed by atoms with Crippen LogP contribution in [-0.2, 0) is 23.1 Å². The Bertz CT molecular complexity index is 509. The smallest absolute Gasteiger partial charge is 0.307 e. The van der Waals surface area contributed by atoms with Crippen LogP contribution in [0.4, 0.5) is 0 Å². The second-order valence-electron chi connectivity index (χ2n) is 5.49. The summed E-state index contributed by atoms with van der Waals surface area (Å²) < 4.78 is 1.60. The molecule has 1 aromatic rings. The topological polar surface area (TPSA) is 97.1 Å². The number of hydrogen-bond donors (Lipinski definition) is 2. The molecule has 2 unspecified atom stereocenters. The van der Waals surface area contributed by atoms with Gasteiger partial charge >= 0.3 is 5.97 Å². The Kier molecular flexibility index (Phi) is 3.30. The van der Waals surface area contributed by atoms with Crippen molar-refractivity contribution < 1.29 is 14.7 Å². The Hall–Kier alpha value is -1.92. The van der Waals surface area contributed by atoms with Gasteiger partial charge in [0.2, 0.25) is 5.91 Å². The highest BCUT2D eigenvalue weighted by Crippen LogP contribution is 2.58. The third-order valence-corrected chi connectivity index (χ3v) is 3.67. The summed E-state index contributed by atoms with van der Waals surface area (Å²) in [7, 11) is 1.78. The lowest BCUT2D eigenvalue weighted by Crippen LogP contribution is -2.29. The minimum Gasteiger partial charge on any atom is -0.481 e. The Morgan fingerprint density at radius 2 is 2.16 bits per heavy atom. The maximum absolute atomic E-state index is 11.9. The normalized spacial score (nSPS) is 23.9. The van der Waals surface area contributed by atoms with Gasteiger partial charge in [0, 0.05) is 20.0 Å². The number of carboxylic acid groups (broad SMARTS) is 1. The van der Waals surface area contributed by atoms with Gasteiger partial charge in [-0.1, -0.05) is 13.8 Å². The molecular weight excluding hydrogens is 248 g/mol. The molecule has 0 aliphatic heterocycles. The van der Waals surface area contributed by atoms with Crippen molar-refractivity contribution in [1.82, 2.24) is 20.1 Å². The molecule has 0 saturated heterocycles. The van der Waals surface area contributed by atoms with Crippen LogP contribution in [0.3, 0.4) is 0 Å². The van der Waals surface area contributed by atoms with Crippen molar-refractivity contribution in [3.05, 3.63) is 12.2 Å². The van der Waals surface area contributed by atoms with E-state index in [0.29, 0.717) is 18.8 Å². The highest BCUT2D eigenvalue weighted by atomic mass is 16.4. The van der Waals surface area contributed by atoms with Crippen LogP contribution in [0.5, 0.6) is 0 Å². The molecule has 0 radical (unpaired) electrons. The van der Waals surface area contributed by atoms with Crippen molar-refractivity contribution in [2.24, 2.45) is 24.3 Å². The van der Waals surface area contributed by atoms with E-state index in [2.05, 4.69) is 15.4 Å². The molecule has 0 spiro atoms. The molecule has 1 heterocycles. The van der Waals surface area contributed by atoms with Gasteiger partial charge in [0.25, 0.3) is 0 Å². The van der Waals surface area contributed by atoms with Gasteiger partial charge in [-0.2, -0.15) is 5.10 Å². The average molecular weight is 266 g/mol. The van der Waals surface area contributed by atoms with Crippen LogP contribution in [0.2, 0.25) is 0 Å². The standard InChI is InChI=1S/C12H18N4O3/c1-12(2)8(9(12)11(18)19)10(17)13-5-4-7-14-6-16(3)15-7/h6,8-9H,4-5H2,1-3H3,(H,13,17)(H,18,19). The largest absolute Gasteiger partial charge is 0.481 e. The van der Waals surface area contributed by atoms with Gasteiger partial charge in [-0.15, -0.1) is 0 Å². The number of rotatable bonds is 5. The number of carbonyl (C=O) groups excluding carboxylic acids is 1. The monoisotopic (exact) mass is 266 g/mol. The van der Waals surface area contributed by atoms with Gasteiger partial charge in [-0.05, 0) is 5.41 Å². The van der Waals surface area contributed by atoms with E-state index in [1.807, 2.05) is 0 Å². The van der Waals surface area contributed by atoms with E-state index in [9.17, 15) is 9.59 Å². The van der Waals surface area contributed by atoms with Crippen LogP contribution < -0.4 is 5.32 Å². The van der Waals surface area contributed by atoms with E-state index in [1.165, 1.54) is 0 Å². The number of carboxylic acids is 1. The quantitative estimate of drug-likeness (QED) is 0.771. The lowest BCUT2D eigenvalue weighted by molar-refractivity contribution is -0.140. The van der Waals surface area contributed by atoms with E-state index in [4.69, 9.17) is 5.11 Å². The minimum atomic E-state index is -0.906. The number of aryl methyl sites for hydroxylation is 1. The van der Waals surface area contributed by atoms with Crippen molar-refractivity contribution >= 4 is 11.9 Å². The molecule has 1 aliphatic rings. The fourth-order valence-electron chi connectivity index (χ4n) is 2.49. The molecule has 1 aromatic heterocycles. The molecule has 7 nitrogen and oxygen atoms in total. The molecule has 0 bridgehead atoms. The Balaban J connectivity index is 1.81. The van der Waals surface area contributed by atoms with Crippen LogP contribution in [0.15, 0.2) is 6.33 Å². The fourth-order valence-corrected chi connectivity index (χ4v) is 2.49. The summed E-state index contributed by atoms with van der Waals surface area (Å²) >= 11 is 0. The van der Waals surface area contributed by atoms with Gasteiger partial charge in [0.05, 0.1) is 11.8 Å². The Labute approximate surface area is 111 Å². The molecule has 19 heavy (non-hydrogen) atoms. The van der Waals surface area contributed by atoms with Crippen LogP contribution in [0.1, 0.15) is 19.7 Å². The van der Waals surface area contributed by atoms with Crippen LogP contribution in [0.25, 0.3) is 0 Å². The maximum Gasteiger partial charge on any atom is 0.307 e. The summed E-state index contributed by atoms with van der Waals surface area (Å²) in [5.74, 6) is -1.47. The molecule has 2 N–H and O–H groups in total. The third-order valence-electron chi connectivity index (χ3n) is 3.67. The van der Waals surface area contributed by atoms with E-state index >= 15 is 0 Å².